The summed E-state index contributed by atoms with van der Waals surface area (Å²) in [5, 5.41) is 12.3. The molecule has 4 N–H and O–H groups in total. The fourth-order valence-corrected chi connectivity index (χ4v) is 7.33. The second-order valence-electron chi connectivity index (χ2n) is 22.3. The monoisotopic (exact) mass is 785 g/mol. The highest BCUT2D eigenvalue weighted by Crippen LogP contribution is 2.39. The number of carbonyl (C=O) groups is 4. The van der Waals surface area contributed by atoms with Gasteiger partial charge in [-0.05, 0) is 50.8 Å². The SMILES string of the molecule is CC(CCC(=O)NCC(C)(C)COCC(C)(C)CNC(=O)C(C)(C)CCC(C)(C)C)C(=O)NCC(C)(C)COCC(C)(C)CNC(=O)P(C)CC(C)(C)C. The zero-order chi connectivity index (χ0) is 42.4. The largest absolute Gasteiger partial charge is 0.380 e. The van der Waals surface area contributed by atoms with Gasteiger partial charge in [-0.3, -0.25) is 19.2 Å². The van der Waals surface area contributed by atoms with Crippen LogP contribution in [0.2, 0.25) is 0 Å². The Morgan fingerprint density at radius 1 is 0.556 bits per heavy atom. The van der Waals surface area contributed by atoms with E-state index in [0.717, 1.165) is 19.0 Å². The summed E-state index contributed by atoms with van der Waals surface area (Å²) < 4.78 is 12.2. The molecule has 0 aromatic rings. The van der Waals surface area contributed by atoms with Crippen LogP contribution in [0, 0.1) is 43.8 Å². The Morgan fingerprint density at radius 3 is 1.39 bits per heavy atom. The van der Waals surface area contributed by atoms with E-state index < -0.39 is 13.3 Å². The zero-order valence-corrected chi connectivity index (χ0v) is 39.1. The number of hydrogen-bond acceptors (Lipinski definition) is 6. The van der Waals surface area contributed by atoms with Crippen LogP contribution in [0.5, 0.6) is 0 Å². The van der Waals surface area contributed by atoms with Gasteiger partial charge in [0.15, 0.2) is 0 Å². The number of hydrogen-bond donors (Lipinski definition) is 4. The molecule has 0 aliphatic carbocycles. The van der Waals surface area contributed by atoms with Crippen molar-refractivity contribution in [1.82, 2.24) is 21.3 Å². The van der Waals surface area contributed by atoms with Gasteiger partial charge >= 0.3 is 0 Å². The van der Waals surface area contributed by atoms with Crippen LogP contribution in [0.3, 0.4) is 0 Å². The summed E-state index contributed by atoms with van der Waals surface area (Å²) in [7, 11) is -0.725. The highest BCUT2D eigenvalue weighted by Gasteiger charge is 2.32. The van der Waals surface area contributed by atoms with Gasteiger partial charge in [0.1, 0.15) is 0 Å². The van der Waals surface area contributed by atoms with Crippen LogP contribution in [0.15, 0.2) is 0 Å². The van der Waals surface area contributed by atoms with Crippen molar-refractivity contribution < 1.29 is 28.7 Å². The molecule has 0 aromatic heterocycles. The second-order valence-corrected chi connectivity index (χ2v) is 24.4. The molecule has 2 atom stereocenters. The smallest absolute Gasteiger partial charge is 0.240 e. The fraction of sp³-hybridized carbons (Fsp3) is 0.907. The van der Waals surface area contributed by atoms with Gasteiger partial charge in [-0.15, -0.1) is 0 Å². The molecule has 54 heavy (non-hydrogen) atoms. The molecule has 318 valence electrons. The maximum atomic E-state index is 12.9. The van der Waals surface area contributed by atoms with Gasteiger partial charge < -0.3 is 30.7 Å². The van der Waals surface area contributed by atoms with Crippen molar-refractivity contribution in [1.29, 1.82) is 0 Å². The Kier molecular flexibility index (Phi) is 21.0. The molecule has 0 rings (SSSR count). The number of amides is 4. The third-order valence-electron chi connectivity index (χ3n) is 9.35. The lowest BCUT2D eigenvalue weighted by Gasteiger charge is -2.32. The van der Waals surface area contributed by atoms with Crippen molar-refractivity contribution in [2.75, 3.05) is 65.4 Å². The van der Waals surface area contributed by atoms with E-state index in [1.807, 2.05) is 27.4 Å². The molecule has 0 fully saturated rings. The molecule has 11 heteroatoms. The van der Waals surface area contributed by atoms with Gasteiger partial charge in [0.2, 0.25) is 23.4 Å². The summed E-state index contributed by atoms with van der Waals surface area (Å²) in [5.74, 6) is -0.399. The number of ether oxygens (including phenoxy) is 2. The molecule has 0 aliphatic rings. The third kappa shape index (κ3) is 25.4. The van der Waals surface area contributed by atoms with E-state index in [1.54, 1.807) is 0 Å². The summed E-state index contributed by atoms with van der Waals surface area (Å²) in [6, 6.07) is 0. The second kappa shape index (κ2) is 21.7. The van der Waals surface area contributed by atoms with Gasteiger partial charge in [-0.2, -0.15) is 0 Å². The topological polar surface area (TPSA) is 135 Å². The van der Waals surface area contributed by atoms with Gasteiger partial charge in [-0.1, -0.05) is 118 Å². The minimum absolute atomic E-state index is 0.0700. The predicted molar refractivity (Wildman–Crippen MR) is 227 cm³/mol. The summed E-state index contributed by atoms with van der Waals surface area (Å²) >= 11 is 0. The first-order valence-corrected chi connectivity index (χ1v) is 22.1. The Hall–Kier alpha value is -1.77. The third-order valence-corrected chi connectivity index (χ3v) is 11.6. The van der Waals surface area contributed by atoms with Gasteiger partial charge in [0, 0.05) is 65.6 Å². The lowest BCUT2D eigenvalue weighted by molar-refractivity contribution is -0.130. The summed E-state index contributed by atoms with van der Waals surface area (Å²) in [4.78, 5) is 51.1. The number of nitrogens with one attached hydrogen (secondary N) is 4. The Morgan fingerprint density at radius 2 is 0.963 bits per heavy atom. The van der Waals surface area contributed by atoms with Gasteiger partial charge in [-0.25, -0.2) is 0 Å². The lowest BCUT2D eigenvalue weighted by Crippen LogP contribution is -2.44. The predicted octanol–water partition coefficient (Wildman–Crippen LogP) is 8.61. The van der Waals surface area contributed by atoms with E-state index >= 15 is 0 Å². The molecule has 2 unspecified atom stereocenters. The highest BCUT2D eigenvalue weighted by atomic mass is 31.1. The van der Waals surface area contributed by atoms with E-state index in [0.29, 0.717) is 59.0 Å². The minimum Gasteiger partial charge on any atom is -0.380 e. The summed E-state index contributed by atoms with van der Waals surface area (Å²) in [6.07, 6.45) is 3.43. The van der Waals surface area contributed by atoms with E-state index in [-0.39, 0.29) is 68.2 Å². The van der Waals surface area contributed by atoms with Crippen molar-refractivity contribution in [2.24, 2.45) is 43.8 Å². The molecule has 0 heterocycles. The molecular formula is C43H85N4O6P. The Balaban J connectivity index is 4.50. The maximum absolute atomic E-state index is 12.9. The quantitative estimate of drug-likeness (QED) is 0.0686. The minimum atomic E-state index is -0.725. The summed E-state index contributed by atoms with van der Waals surface area (Å²) in [6.45, 7) is 41.4. The molecule has 0 bridgehead atoms. The molecular weight excluding hydrogens is 699 g/mol. The van der Waals surface area contributed by atoms with Crippen LogP contribution in [-0.4, -0.2) is 88.8 Å². The van der Waals surface area contributed by atoms with E-state index in [9.17, 15) is 19.2 Å². The van der Waals surface area contributed by atoms with Crippen LogP contribution >= 0.6 is 7.92 Å². The molecule has 0 aliphatic heterocycles. The average molecular weight is 785 g/mol. The molecule has 0 radical (unpaired) electrons. The normalized spacial score (nSPS) is 14.6. The first-order chi connectivity index (χ1) is 24.2. The van der Waals surface area contributed by atoms with Crippen molar-refractivity contribution in [3.63, 3.8) is 0 Å². The first-order valence-electron chi connectivity index (χ1n) is 20.1. The maximum Gasteiger partial charge on any atom is 0.240 e. The van der Waals surface area contributed by atoms with Crippen molar-refractivity contribution in [3.8, 4) is 0 Å². The van der Waals surface area contributed by atoms with Gasteiger partial charge in [0.25, 0.3) is 0 Å². The number of rotatable bonds is 25. The fourth-order valence-electron chi connectivity index (χ4n) is 5.41. The van der Waals surface area contributed by atoms with E-state index in [2.05, 4.69) is 118 Å². The Bertz CT molecular complexity index is 1180. The average Bonchev–Trinajstić information content (AvgIpc) is 3.00. The molecule has 4 amide bonds. The van der Waals surface area contributed by atoms with E-state index in [4.69, 9.17) is 9.47 Å². The number of carbonyl (C=O) groups excluding carboxylic acids is 4. The van der Waals surface area contributed by atoms with Gasteiger partial charge in [0.05, 0.1) is 26.4 Å². The van der Waals surface area contributed by atoms with E-state index in [1.165, 1.54) is 0 Å². The van der Waals surface area contributed by atoms with Crippen LogP contribution < -0.4 is 21.3 Å². The Labute approximate surface area is 333 Å². The molecule has 0 aromatic carbocycles. The van der Waals surface area contributed by atoms with Crippen LogP contribution in [-0.2, 0) is 23.9 Å². The molecule has 0 saturated carbocycles. The molecule has 0 saturated heterocycles. The van der Waals surface area contributed by atoms with Crippen LogP contribution in [0.25, 0.3) is 0 Å². The van der Waals surface area contributed by atoms with Crippen LogP contribution in [0.4, 0.5) is 4.79 Å². The first kappa shape index (κ1) is 52.2. The molecule has 10 nitrogen and oxygen atoms in total. The summed E-state index contributed by atoms with van der Waals surface area (Å²) in [5.41, 5.74) is -0.992. The van der Waals surface area contributed by atoms with Crippen molar-refractivity contribution in [3.05, 3.63) is 0 Å². The lowest BCUT2D eigenvalue weighted by atomic mass is 9.79. The standard InChI is InChI=1S/C43H85N4O6P/c1-32(34(49)45-24-40(10,11)28-53-30-42(14,15)26-47-36(51)54(18)31-38(5,6)7)19-20-33(48)44-23-39(8,9)27-52-29-41(12,13)25-46-35(50)43(16,17)22-21-37(2,3)4/h32H,19-31H2,1-18H3,(H,44,48)(H,45,49)(H,46,50)(H,47,51). The zero-order valence-electron chi connectivity index (χ0n) is 38.2. The highest BCUT2D eigenvalue weighted by molar-refractivity contribution is 7.74. The molecule has 0 spiro atoms. The van der Waals surface area contributed by atoms with Crippen LogP contribution in [0.1, 0.15) is 143 Å². The van der Waals surface area contributed by atoms with Crippen molar-refractivity contribution >= 4 is 31.3 Å². The van der Waals surface area contributed by atoms with Crippen molar-refractivity contribution in [2.45, 2.75) is 143 Å².